The summed E-state index contributed by atoms with van der Waals surface area (Å²) < 4.78 is 10.6. The van der Waals surface area contributed by atoms with Crippen LogP contribution >= 0.6 is 0 Å². The number of unbranched alkanes of at least 4 members (excludes halogenated alkanes) is 1. The van der Waals surface area contributed by atoms with E-state index in [4.69, 9.17) is 9.47 Å². The first kappa shape index (κ1) is 21.8. The highest BCUT2D eigenvalue weighted by Crippen LogP contribution is 2.49. The summed E-state index contributed by atoms with van der Waals surface area (Å²) in [6.07, 6.45) is 3.07. The van der Waals surface area contributed by atoms with Crippen molar-refractivity contribution in [2.45, 2.75) is 58.8 Å². The number of hydrogen-bond donors (Lipinski definition) is 0. The minimum atomic E-state index is -0.323. The maximum absolute atomic E-state index is 11.7. The van der Waals surface area contributed by atoms with Gasteiger partial charge in [-0.1, -0.05) is 51.6 Å². The first-order valence-electron chi connectivity index (χ1n) is 10.6. The second kappa shape index (κ2) is 8.86. The topological polar surface area (TPSA) is 52.6 Å². The molecule has 4 heteroatoms. The van der Waals surface area contributed by atoms with E-state index in [2.05, 4.69) is 44.7 Å². The summed E-state index contributed by atoms with van der Waals surface area (Å²) in [7, 11) is 0. The van der Waals surface area contributed by atoms with E-state index in [1.54, 1.807) is 13.8 Å². The van der Waals surface area contributed by atoms with Crippen LogP contribution in [0.3, 0.4) is 0 Å². The van der Waals surface area contributed by atoms with Crippen LogP contribution in [0.4, 0.5) is 0 Å². The molecule has 0 atom stereocenters. The Bertz CT molecular complexity index is 985. The summed E-state index contributed by atoms with van der Waals surface area (Å²) in [6.45, 7) is 11.9. The lowest BCUT2D eigenvalue weighted by molar-refractivity contribution is -0.139. The summed E-state index contributed by atoms with van der Waals surface area (Å²) in [5.74, 6) is 0.0570. The molecule has 2 aromatic carbocycles. The molecule has 2 aromatic rings. The highest BCUT2D eigenvalue weighted by molar-refractivity contribution is 5.87. The van der Waals surface area contributed by atoms with Crippen LogP contribution in [0.2, 0.25) is 0 Å². The molecule has 0 unspecified atom stereocenters. The number of aryl methyl sites for hydroxylation is 1. The Morgan fingerprint density at radius 3 is 2.33 bits per heavy atom. The van der Waals surface area contributed by atoms with Crippen LogP contribution in [0, 0.1) is 0 Å². The first-order valence-corrected chi connectivity index (χ1v) is 10.6. The lowest BCUT2D eigenvalue weighted by atomic mass is 9.81. The molecule has 0 heterocycles. The van der Waals surface area contributed by atoms with Crippen molar-refractivity contribution < 1.29 is 19.1 Å². The van der Waals surface area contributed by atoms with Crippen molar-refractivity contribution in [1.29, 1.82) is 0 Å². The zero-order valence-electron chi connectivity index (χ0n) is 18.3. The molecule has 1 aliphatic carbocycles. The number of esters is 2. The molecule has 0 aliphatic heterocycles. The minimum Gasteiger partial charge on any atom is -0.462 e. The molecule has 30 heavy (non-hydrogen) atoms. The zero-order valence-corrected chi connectivity index (χ0v) is 18.3. The van der Waals surface area contributed by atoms with Crippen LogP contribution < -0.4 is 4.74 Å². The third-order valence-electron chi connectivity index (χ3n) is 5.67. The van der Waals surface area contributed by atoms with Gasteiger partial charge in [0.25, 0.3) is 0 Å². The smallest absolute Gasteiger partial charge is 0.333 e. The van der Waals surface area contributed by atoms with Gasteiger partial charge in [-0.2, -0.15) is 0 Å². The molecular weight excluding hydrogens is 376 g/mol. The molecule has 1 aliphatic rings. The van der Waals surface area contributed by atoms with Gasteiger partial charge >= 0.3 is 11.9 Å². The molecule has 0 aromatic heterocycles. The number of carbonyl (C=O) groups excluding carboxylic acids is 2. The Labute approximate surface area is 178 Å². The molecule has 0 saturated heterocycles. The molecule has 3 rings (SSSR count). The van der Waals surface area contributed by atoms with Gasteiger partial charge in [-0.05, 0) is 66.1 Å². The average Bonchev–Trinajstić information content (AvgIpc) is 2.94. The monoisotopic (exact) mass is 406 g/mol. The van der Waals surface area contributed by atoms with Crippen LogP contribution in [-0.2, 0) is 26.2 Å². The Morgan fingerprint density at radius 1 is 1.00 bits per heavy atom. The van der Waals surface area contributed by atoms with E-state index in [1.807, 2.05) is 12.1 Å². The van der Waals surface area contributed by atoms with Crippen LogP contribution in [0.5, 0.6) is 5.75 Å². The summed E-state index contributed by atoms with van der Waals surface area (Å²) in [5, 5.41) is 0. The van der Waals surface area contributed by atoms with Crippen molar-refractivity contribution >= 4 is 11.9 Å². The molecule has 0 radical (unpaired) electrons. The second-order valence-electron chi connectivity index (χ2n) is 8.41. The fourth-order valence-electron chi connectivity index (χ4n) is 3.91. The fourth-order valence-corrected chi connectivity index (χ4v) is 3.91. The normalized spacial score (nSPS) is 13.3. The standard InChI is InChI=1S/C26H30O4/c1-6-24(27)30-19-11-13-21-20-12-10-18(9-7-8-14-29-25(28)17(2)3)15-22(20)26(4,5)23(21)16-19/h10-13,15-16H,2,6-9,14H2,1,3-5H3. The summed E-state index contributed by atoms with van der Waals surface area (Å²) in [5.41, 5.74) is 6.46. The van der Waals surface area contributed by atoms with Gasteiger partial charge in [0, 0.05) is 17.4 Å². The third kappa shape index (κ3) is 4.48. The predicted molar refractivity (Wildman–Crippen MR) is 119 cm³/mol. The summed E-state index contributed by atoms with van der Waals surface area (Å²) in [4.78, 5) is 23.1. The number of carbonyl (C=O) groups is 2. The molecule has 0 amide bonds. The second-order valence-corrected chi connectivity index (χ2v) is 8.41. The van der Waals surface area contributed by atoms with Crippen molar-refractivity contribution in [3.63, 3.8) is 0 Å². The van der Waals surface area contributed by atoms with Crippen LogP contribution in [0.1, 0.15) is 63.6 Å². The highest BCUT2D eigenvalue weighted by Gasteiger charge is 2.35. The Balaban J connectivity index is 1.70. The first-order chi connectivity index (χ1) is 14.2. The number of rotatable bonds is 8. The quantitative estimate of drug-likeness (QED) is 0.242. The van der Waals surface area contributed by atoms with Gasteiger partial charge in [0.15, 0.2) is 0 Å². The van der Waals surface area contributed by atoms with Crippen molar-refractivity contribution in [2.24, 2.45) is 0 Å². The SMILES string of the molecule is C=C(C)C(=O)OCCCCc1ccc2c(c1)C(C)(C)c1cc(OC(=O)CC)ccc1-2. The van der Waals surface area contributed by atoms with Crippen molar-refractivity contribution in [1.82, 2.24) is 0 Å². The van der Waals surface area contributed by atoms with Crippen molar-refractivity contribution in [3.8, 4) is 16.9 Å². The maximum Gasteiger partial charge on any atom is 0.333 e. The average molecular weight is 407 g/mol. The van der Waals surface area contributed by atoms with Gasteiger partial charge in [-0.25, -0.2) is 4.79 Å². The largest absolute Gasteiger partial charge is 0.462 e. The summed E-state index contributed by atoms with van der Waals surface area (Å²) in [6, 6.07) is 12.6. The number of hydrogen-bond acceptors (Lipinski definition) is 4. The van der Waals surface area contributed by atoms with E-state index in [0.717, 1.165) is 19.3 Å². The van der Waals surface area contributed by atoms with E-state index < -0.39 is 0 Å². The molecule has 0 bridgehead atoms. The molecule has 0 N–H and O–H groups in total. The Morgan fingerprint density at radius 2 is 1.67 bits per heavy atom. The van der Waals surface area contributed by atoms with Gasteiger partial charge < -0.3 is 9.47 Å². The van der Waals surface area contributed by atoms with Gasteiger partial charge in [-0.3, -0.25) is 4.79 Å². The van der Waals surface area contributed by atoms with E-state index in [9.17, 15) is 9.59 Å². The van der Waals surface area contributed by atoms with Crippen molar-refractivity contribution in [3.05, 3.63) is 65.2 Å². The molecule has 158 valence electrons. The lowest BCUT2D eigenvalue weighted by Crippen LogP contribution is -2.16. The highest BCUT2D eigenvalue weighted by atomic mass is 16.5. The van der Waals surface area contributed by atoms with Crippen LogP contribution in [0.25, 0.3) is 11.1 Å². The molecule has 0 spiro atoms. The van der Waals surface area contributed by atoms with E-state index in [-0.39, 0.29) is 17.4 Å². The lowest BCUT2D eigenvalue weighted by Gasteiger charge is -2.22. The number of benzene rings is 2. The number of fused-ring (bicyclic) bond motifs is 3. The van der Waals surface area contributed by atoms with Gasteiger partial charge in [0.05, 0.1) is 6.61 Å². The maximum atomic E-state index is 11.7. The molecular formula is C26H30O4. The van der Waals surface area contributed by atoms with Gasteiger partial charge in [0.1, 0.15) is 5.75 Å². The van der Waals surface area contributed by atoms with Crippen molar-refractivity contribution in [2.75, 3.05) is 6.61 Å². The molecule has 0 fully saturated rings. The zero-order chi connectivity index (χ0) is 21.9. The van der Waals surface area contributed by atoms with E-state index in [0.29, 0.717) is 24.4 Å². The molecule has 0 saturated carbocycles. The van der Waals surface area contributed by atoms with Crippen LogP contribution in [0.15, 0.2) is 48.6 Å². The fraction of sp³-hybridized carbons (Fsp3) is 0.385. The number of ether oxygens (including phenoxy) is 2. The molecule has 4 nitrogen and oxygen atoms in total. The summed E-state index contributed by atoms with van der Waals surface area (Å²) >= 11 is 0. The third-order valence-corrected chi connectivity index (χ3v) is 5.67. The predicted octanol–water partition coefficient (Wildman–Crippen LogP) is 5.75. The minimum absolute atomic E-state index is 0.160. The van der Waals surface area contributed by atoms with Gasteiger partial charge in [-0.15, -0.1) is 0 Å². The Kier molecular flexibility index (Phi) is 6.45. The van der Waals surface area contributed by atoms with E-state index >= 15 is 0 Å². The van der Waals surface area contributed by atoms with Crippen LogP contribution in [-0.4, -0.2) is 18.5 Å². The Hall–Kier alpha value is -2.88. The van der Waals surface area contributed by atoms with E-state index in [1.165, 1.54) is 27.8 Å². The van der Waals surface area contributed by atoms with Gasteiger partial charge in [0.2, 0.25) is 0 Å².